The van der Waals surface area contributed by atoms with E-state index in [1.165, 1.54) is 30.6 Å². The van der Waals surface area contributed by atoms with Crippen LogP contribution < -0.4 is 10.0 Å². The molecule has 2 N–H and O–H groups in total. The van der Waals surface area contributed by atoms with Crippen LogP contribution >= 0.6 is 22.9 Å². The molecule has 10 nitrogen and oxygen atoms in total. The SMILES string of the molecule is COC(=O)C1=C(CN2[C@H](C)[C@H](C)C[C@H]2C(=O)NS(C)(=O)=O)NC(c2nccs2)=N[C@H]1c1ccc(F)cc1Cl. The number of methoxy groups -OCH3 is 1. The summed E-state index contributed by atoms with van der Waals surface area (Å²) in [6.45, 7) is 3.97. The molecule has 4 atom stereocenters. The van der Waals surface area contributed by atoms with Gasteiger partial charge in [-0.2, -0.15) is 0 Å². The number of aromatic nitrogens is 1. The molecule has 0 aliphatic carbocycles. The first-order chi connectivity index (χ1) is 17.9. The van der Waals surface area contributed by atoms with E-state index >= 15 is 0 Å². The molecule has 1 aromatic carbocycles. The van der Waals surface area contributed by atoms with Crippen molar-refractivity contribution in [2.24, 2.45) is 10.9 Å². The van der Waals surface area contributed by atoms with Gasteiger partial charge in [-0.05, 0) is 31.4 Å². The molecule has 0 saturated carbocycles. The first kappa shape index (κ1) is 28.1. The zero-order valence-corrected chi connectivity index (χ0v) is 23.5. The topological polar surface area (TPSA) is 130 Å². The van der Waals surface area contributed by atoms with Crippen molar-refractivity contribution in [1.82, 2.24) is 19.9 Å². The number of ether oxygens (including phenoxy) is 1. The summed E-state index contributed by atoms with van der Waals surface area (Å²) in [4.78, 5) is 37.0. The van der Waals surface area contributed by atoms with Crippen molar-refractivity contribution in [2.75, 3.05) is 19.9 Å². The summed E-state index contributed by atoms with van der Waals surface area (Å²) < 4.78 is 44.6. The molecular formula is C24H27ClFN5O5S2. The molecule has 2 aliphatic heterocycles. The lowest BCUT2D eigenvalue weighted by molar-refractivity contribution is -0.136. The lowest BCUT2D eigenvalue weighted by Gasteiger charge is -2.33. The van der Waals surface area contributed by atoms with Gasteiger partial charge in [-0.25, -0.2) is 22.6 Å². The molecular weight excluding hydrogens is 557 g/mol. The van der Waals surface area contributed by atoms with Gasteiger partial charge in [0.1, 0.15) is 11.9 Å². The highest BCUT2D eigenvalue weighted by molar-refractivity contribution is 7.89. The third-order valence-electron chi connectivity index (χ3n) is 6.69. The van der Waals surface area contributed by atoms with Crippen LogP contribution in [0.4, 0.5) is 4.39 Å². The minimum atomic E-state index is -3.77. The highest BCUT2D eigenvalue weighted by atomic mass is 35.5. The van der Waals surface area contributed by atoms with Crippen molar-refractivity contribution >= 4 is 50.7 Å². The van der Waals surface area contributed by atoms with Crippen LogP contribution in [0.3, 0.4) is 0 Å². The van der Waals surface area contributed by atoms with E-state index in [-0.39, 0.29) is 29.1 Å². The second-order valence-corrected chi connectivity index (χ2v) is 12.3. The molecule has 14 heteroatoms. The van der Waals surface area contributed by atoms with Gasteiger partial charge in [-0.3, -0.25) is 19.4 Å². The van der Waals surface area contributed by atoms with Crippen LogP contribution in [-0.4, -0.2) is 68.0 Å². The maximum absolute atomic E-state index is 13.9. The van der Waals surface area contributed by atoms with E-state index in [0.717, 1.165) is 12.3 Å². The Labute approximate surface area is 229 Å². The number of halogens is 2. The number of thiazole rings is 1. The summed E-state index contributed by atoms with van der Waals surface area (Å²) in [6.07, 6.45) is 2.95. The molecule has 1 saturated heterocycles. The summed E-state index contributed by atoms with van der Waals surface area (Å²) in [5.74, 6) is -1.45. The zero-order chi connectivity index (χ0) is 27.8. The molecule has 0 unspecified atom stereocenters. The molecule has 1 fully saturated rings. The third kappa shape index (κ3) is 5.90. The van der Waals surface area contributed by atoms with Gasteiger partial charge in [0, 0.05) is 40.4 Å². The molecule has 0 bridgehead atoms. The van der Waals surface area contributed by atoms with E-state index in [0.29, 0.717) is 28.5 Å². The monoisotopic (exact) mass is 583 g/mol. The Morgan fingerprint density at radius 2 is 2.08 bits per heavy atom. The van der Waals surface area contributed by atoms with Gasteiger partial charge in [0.15, 0.2) is 10.8 Å². The van der Waals surface area contributed by atoms with E-state index in [1.54, 1.807) is 11.6 Å². The first-order valence-corrected chi connectivity index (χ1v) is 14.8. The average molecular weight is 584 g/mol. The molecule has 3 heterocycles. The number of carbonyl (C=O) groups excluding carboxylic acids is 2. The Kier molecular flexibility index (Phi) is 8.21. The van der Waals surface area contributed by atoms with Gasteiger partial charge in [-0.1, -0.05) is 24.6 Å². The Hall–Kier alpha value is -2.87. The van der Waals surface area contributed by atoms with Gasteiger partial charge in [-0.15, -0.1) is 11.3 Å². The molecule has 38 heavy (non-hydrogen) atoms. The fraction of sp³-hybridized carbons (Fsp3) is 0.417. The predicted octanol–water partition coefficient (Wildman–Crippen LogP) is 2.63. The lowest BCUT2D eigenvalue weighted by Crippen LogP contribution is -2.49. The summed E-state index contributed by atoms with van der Waals surface area (Å²) in [6, 6.07) is 1.98. The minimum Gasteiger partial charge on any atom is -0.466 e. The van der Waals surface area contributed by atoms with E-state index in [1.807, 2.05) is 18.7 Å². The van der Waals surface area contributed by atoms with Crippen LogP contribution in [0.2, 0.25) is 5.02 Å². The van der Waals surface area contributed by atoms with Gasteiger partial charge in [0.2, 0.25) is 10.0 Å². The molecule has 2 aromatic rings. The van der Waals surface area contributed by atoms with Crippen molar-refractivity contribution in [2.45, 2.75) is 38.4 Å². The van der Waals surface area contributed by atoms with Gasteiger partial charge >= 0.3 is 5.97 Å². The maximum Gasteiger partial charge on any atom is 0.338 e. The Morgan fingerprint density at radius 1 is 1.34 bits per heavy atom. The second kappa shape index (κ2) is 11.1. The molecule has 2 aliphatic rings. The van der Waals surface area contributed by atoms with Gasteiger partial charge in [0.25, 0.3) is 5.91 Å². The van der Waals surface area contributed by atoms with E-state index in [9.17, 15) is 22.4 Å². The number of amidine groups is 1. The average Bonchev–Trinajstić information content (AvgIpc) is 3.47. The standard InChI is InChI=1S/C24H27ClFN5O5S2/c1-12-9-18(22(32)30-38(4,34)35)31(13(12)2)11-17-19(24(33)36-3)20(15-6-5-14(26)10-16(15)25)29-21(28-17)23-27-7-8-37-23/h5-8,10,12-13,18,20H,9,11H2,1-4H3,(H,28,29)(H,30,32)/t12-,13-,18+,20+/m1/s1. The number of sulfonamides is 1. The largest absolute Gasteiger partial charge is 0.466 e. The number of benzene rings is 1. The molecule has 204 valence electrons. The predicted molar refractivity (Wildman–Crippen MR) is 142 cm³/mol. The van der Waals surface area contributed by atoms with Gasteiger partial charge in [0.05, 0.1) is 25.0 Å². The number of likely N-dealkylation sites (tertiary alicyclic amines) is 1. The Morgan fingerprint density at radius 3 is 2.68 bits per heavy atom. The first-order valence-electron chi connectivity index (χ1n) is 11.7. The number of nitrogens with one attached hydrogen (secondary N) is 2. The van der Waals surface area contributed by atoms with Crippen molar-refractivity contribution in [3.63, 3.8) is 0 Å². The summed E-state index contributed by atoms with van der Waals surface area (Å²) in [7, 11) is -2.54. The number of hydrogen-bond acceptors (Lipinski definition) is 10. The van der Waals surface area contributed by atoms with E-state index in [2.05, 4.69) is 15.0 Å². The minimum absolute atomic E-state index is 0.0607. The highest BCUT2D eigenvalue weighted by Gasteiger charge is 2.43. The van der Waals surface area contributed by atoms with Gasteiger partial charge < -0.3 is 10.1 Å². The van der Waals surface area contributed by atoms with Crippen molar-refractivity contribution in [1.29, 1.82) is 0 Å². The molecule has 4 rings (SSSR count). The normalized spacial score (nSPS) is 24.1. The van der Waals surface area contributed by atoms with Crippen LogP contribution in [0, 0.1) is 11.7 Å². The van der Waals surface area contributed by atoms with Crippen LogP contribution in [-0.2, 0) is 24.3 Å². The lowest BCUT2D eigenvalue weighted by atomic mass is 9.95. The quantitative estimate of drug-likeness (QED) is 0.476. The van der Waals surface area contributed by atoms with E-state index in [4.69, 9.17) is 21.3 Å². The smallest absolute Gasteiger partial charge is 0.338 e. The Balaban J connectivity index is 1.82. The Bertz CT molecular complexity index is 1410. The number of aliphatic imine (C=N–C) groups is 1. The number of nitrogens with zero attached hydrogens (tertiary/aromatic N) is 3. The van der Waals surface area contributed by atoms with E-state index < -0.39 is 39.8 Å². The summed E-state index contributed by atoms with van der Waals surface area (Å²) in [5, 5.41) is 5.58. The number of hydrogen-bond donors (Lipinski definition) is 2. The third-order valence-corrected chi connectivity index (χ3v) is 8.37. The fourth-order valence-corrected chi connectivity index (χ4v) is 6.07. The van der Waals surface area contributed by atoms with Crippen molar-refractivity contribution < 1.29 is 27.1 Å². The number of esters is 1. The summed E-state index contributed by atoms with van der Waals surface area (Å²) in [5.41, 5.74) is 0.909. The summed E-state index contributed by atoms with van der Waals surface area (Å²) >= 11 is 7.72. The molecule has 0 spiro atoms. The zero-order valence-electron chi connectivity index (χ0n) is 21.1. The number of amides is 1. The number of rotatable bonds is 7. The van der Waals surface area contributed by atoms with Crippen LogP contribution in [0.1, 0.15) is 36.9 Å². The number of carbonyl (C=O) groups is 2. The van der Waals surface area contributed by atoms with Crippen molar-refractivity contribution in [3.05, 3.63) is 62.5 Å². The second-order valence-electron chi connectivity index (χ2n) is 9.27. The fourth-order valence-electron chi connectivity index (χ4n) is 4.71. The molecule has 1 amide bonds. The maximum atomic E-state index is 13.9. The van der Waals surface area contributed by atoms with Crippen LogP contribution in [0.15, 0.2) is 46.0 Å². The van der Waals surface area contributed by atoms with Crippen molar-refractivity contribution in [3.8, 4) is 0 Å². The highest BCUT2D eigenvalue weighted by Crippen LogP contribution is 2.38. The molecule has 1 aromatic heterocycles. The van der Waals surface area contributed by atoms with Crippen LogP contribution in [0.5, 0.6) is 0 Å². The molecule has 0 radical (unpaired) electrons. The van der Waals surface area contributed by atoms with Crippen LogP contribution in [0.25, 0.3) is 0 Å².